The van der Waals surface area contributed by atoms with Gasteiger partial charge in [0.1, 0.15) is 5.75 Å². The average molecular weight is 350 g/mol. The van der Waals surface area contributed by atoms with Crippen LogP contribution >= 0.6 is 11.8 Å². The molecule has 2 amide bonds. The highest BCUT2D eigenvalue weighted by Gasteiger charge is 2.26. The maximum Gasteiger partial charge on any atom is 0.321 e. The molecule has 3 rings (SSSR count). The first kappa shape index (κ1) is 17.4. The van der Waals surface area contributed by atoms with Gasteiger partial charge < -0.3 is 15.0 Å². The molecule has 0 bridgehead atoms. The molecule has 1 unspecified atom stereocenters. The van der Waals surface area contributed by atoms with Crippen molar-refractivity contribution >= 4 is 23.5 Å². The number of amides is 2. The summed E-state index contributed by atoms with van der Waals surface area (Å²) in [5, 5.41) is 3.00. The Labute approximate surface area is 148 Å². The quantitative estimate of drug-likeness (QED) is 0.907. The maximum atomic E-state index is 12.5. The van der Waals surface area contributed by atoms with E-state index in [2.05, 4.69) is 22.0 Å². The third-order valence-corrected chi connectivity index (χ3v) is 5.80. The van der Waals surface area contributed by atoms with E-state index in [1.54, 1.807) is 0 Å². The first-order valence-corrected chi connectivity index (χ1v) is 10.0. The van der Waals surface area contributed by atoms with Crippen molar-refractivity contribution in [2.75, 3.05) is 49.6 Å². The Morgan fingerprint density at radius 3 is 2.79 bits per heavy atom. The minimum absolute atomic E-state index is 0.00167. The number of carbonyl (C=O) groups is 1. The Morgan fingerprint density at radius 2 is 2.08 bits per heavy atom. The standard InChI is InChI=1S/C18H27N3O2S/c1-2-23-17-6-4-15(5-7-17)19-18(22)21-10-3-9-20(11-12-21)16-8-13-24-14-16/h4-7,16H,2-3,8-14H2,1H3,(H,19,22). The third-order valence-electron chi connectivity index (χ3n) is 4.66. The van der Waals surface area contributed by atoms with Gasteiger partial charge in [0.25, 0.3) is 0 Å². The van der Waals surface area contributed by atoms with Crippen LogP contribution < -0.4 is 10.1 Å². The zero-order chi connectivity index (χ0) is 16.8. The Morgan fingerprint density at radius 1 is 1.25 bits per heavy atom. The molecule has 2 aliphatic heterocycles. The molecule has 1 N–H and O–H groups in total. The molecule has 0 saturated carbocycles. The first-order chi connectivity index (χ1) is 11.8. The lowest BCUT2D eigenvalue weighted by atomic mass is 10.2. The minimum Gasteiger partial charge on any atom is -0.494 e. The van der Waals surface area contributed by atoms with Crippen LogP contribution in [-0.4, -0.2) is 66.2 Å². The van der Waals surface area contributed by atoms with Crippen molar-refractivity contribution in [3.8, 4) is 5.75 Å². The van der Waals surface area contributed by atoms with E-state index in [0.29, 0.717) is 12.6 Å². The molecular weight excluding hydrogens is 322 g/mol. The van der Waals surface area contributed by atoms with Gasteiger partial charge in [-0.1, -0.05) is 0 Å². The third kappa shape index (κ3) is 4.57. The van der Waals surface area contributed by atoms with Gasteiger partial charge in [0.2, 0.25) is 0 Å². The van der Waals surface area contributed by atoms with Gasteiger partial charge in [0, 0.05) is 43.7 Å². The smallest absolute Gasteiger partial charge is 0.321 e. The largest absolute Gasteiger partial charge is 0.494 e. The average Bonchev–Trinajstić information content (AvgIpc) is 3.01. The molecule has 5 nitrogen and oxygen atoms in total. The molecule has 1 aromatic carbocycles. The topological polar surface area (TPSA) is 44.8 Å². The summed E-state index contributed by atoms with van der Waals surface area (Å²) < 4.78 is 5.43. The summed E-state index contributed by atoms with van der Waals surface area (Å²) in [5.74, 6) is 3.36. The molecule has 1 atom stereocenters. The number of ether oxygens (including phenoxy) is 1. The number of hydrogen-bond donors (Lipinski definition) is 1. The van der Waals surface area contributed by atoms with Gasteiger partial charge in [-0.3, -0.25) is 4.90 Å². The number of anilines is 1. The Bertz CT molecular complexity index is 532. The van der Waals surface area contributed by atoms with Crippen LogP contribution in [0.1, 0.15) is 19.8 Å². The van der Waals surface area contributed by atoms with E-state index in [4.69, 9.17) is 4.74 Å². The summed E-state index contributed by atoms with van der Waals surface area (Å²) in [5.41, 5.74) is 0.816. The van der Waals surface area contributed by atoms with Crippen LogP contribution in [0.4, 0.5) is 10.5 Å². The summed E-state index contributed by atoms with van der Waals surface area (Å²) >= 11 is 2.05. The van der Waals surface area contributed by atoms with E-state index in [9.17, 15) is 4.79 Å². The summed E-state index contributed by atoms with van der Waals surface area (Å²) in [7, 11) is 0. The van der Waals surface area contributed by atoms with Crippen LogP contribution in [-0.2, 0) is 0 Å². The van der Waals surface area contributed by atoms with Crippen molar-refractivity contribution in [3.05, 3.63) is 24.3 Å². The minimum atomic E-state index is 0.00167. The van der Waals surface area contributed by atoms with Crippen LogP contribution in [0.15, 0.2) is 24.3 Å². The number of benzene rings is 1. The molecule has 6 heteroatoms. The second-order valence-corrected chi connectivity index (χ2v) is 7.43. The molecule has 2 heterocycles. The number of carbonyl (C=O) groups excluding carboxylic acids is 1. The fourth-order valence-corrected chi connectivity index (χ4v) is 4.57. The predicted molar refractivity (Wildman–Crippen MR) is 100 cm³/mol. The van der Waals surface area contributed by atoms with Gasteiger partial charge in [-0.05, 0) is 49.8 Å². The molecule has 1 aromatic rings. The lowest BCUT2D eigenvalue weighted by Crippen LogP contribution is -2.40. The maximum absolute atomic E-state index is 12.5. The second-order valence-electron chi connectivity index (χ2n) is 6.28. The highest BCUT2D eigenvalue weighted by Crippen LogP contribution is 2.23. The normalized spacial score (nSPS) is 22.2. The van der Waals surface area contributed by atoms with Crippen LogP contribution in [0.3, 0.4) is 0 Å². The van der Waals surface area contributed by atoms with Gasteiger partial charge >= 0.3 is 6.03 Å². The zero-order valence-electron chi connectivity index (χ0n) is 14.4. The van der Waals surface area contributed by atoms with Crippen molar-refractivity contribution in [1.82, 2.24) is 9.80 Å². The molecule has 132 valence electrons. The highest BCUT2D eigenvalue weighted by atomic mass is 32.2. The number of nitrogens with zero attached hydrogens (tertiary/aromatic N) is 2. The van der Waals surface area contributed by atoms with Crippen LogP contribution in [0.25, 0.3) is 0 Å². The zero-order valence-corrected chi connectivity index (χ0v) is 15.2. The number of hydrogen-bond acceptors (Lipinski definition) is 4. The molecular formula is C18H27N3O2S. The molecule has 0 radical (unpaired) electrons. The van der Waals surface area contributed by atoms with Gasteiger partial charge in [0.15, 0.2) is 0 Å². The van der Waals surface area contributed by atoms with Crippen molar-refractivity contribution in [2.45, 2.75) is 25.8 Å². The van der Waals surface area contributed by atoms with Crippen LogP contribution in [0.2, 0.25) is 0 Å². The number of thioether (sulfide) groups is 1. The predicted octanol–water partition coefficient (Wildman–Crippen LogP) is 3.13. The molecule has 2 fully saturated rings. The number of rotatable bonds is 4. The van der Waals surface area contributed by atoms with Gasteiger partial charge in [-0.25, -0.2) is 4.79 Å². The lowest BCUT2D eigenvalue weighted by molar-refractivity contribution is 0.202. The molecule has 24 heavy (non-hydrogen) atoms. The Balaban J connectivity index is 1.51. The first-order valence-electron chi connectivity index (χ1n) is 8.87. The highest BCUT2D eigenvalue weighted by molar-refractivity contribution is 7.99. The molecule has 0 aromatic heterocycles. The Hall–Kier alpha value is -1.40. The second kappa shape index (κ2) is 8.62. The van der Waals surface area contributed by atoms with Gasteiger partial charge in [-0.15, -0.1) is 0 Å². The molecule has 0 spiro atoms. The van der Waals surface area contributed by atoms with Crippen molar-refractivity contribution in [3.63, 3.8) is 0 Å². The van der Waals surface area contributed by atoms with Crippen molar-refractivity contribution < 1.29 is 9.53 Å². The molecule has 2 saturated heterocycles. The van der Waals surface area contributed by atoms with E-state index >= 15 is 0 Å². The van der Waals surface area contributed by atoms with E-state index in [-0.39, 0.29) is 6.03 Å². The molecule has 0 aliphatic carbocycles. The van der Waals surface area contributed by atoms with E-state index in [0.717, 1.165) is 44.0 Å². The van der Waals surface area contributed by atoms with Crippen LogP contribution in [0.5, 0.6) is 5.75 Å². The van der Waals surface area contributed by atoms with E-state index in [1.807, 2.05) is 36.1 Å². The van der Waals surface area contributed by atoms with Gasteiger partial charge in [0.05, 0.1) is 6.61 Å². The van der Waals surface area contributed by atoms with E-state index < -0.39 is 0 Å². The lowest BCUT2D eigenvalue weighted by Gasteiger charge is -2.26. The fourth-order valence-electron chi connectivity index (χ4n) is 3.32. The summed E-state index contributed by atoms with van der Waals surface area (Å²) in [6, 6.07) is 8.28. The van der Waals surface area contributed by atoms with Crippen LogP contribution in [0, 0.1) is 0 Å². The summed E-state index contributed by atoms with van der Waals surface area (Å²) in [6.45, 7) is 6.35. The summed E-state index contributed by atoms with van der Waals surface area (Å²) in [6.07, 6.45) is 2.35. The summed E-state index contributed by atoms with van der Waals surface area (Å²) in [4.78, 5) is 17.0. The SMILES string of the molecule is CCOc1ccc(NC(=O)N2CCCN(C3CCSC3)CC2)cc1. The fraction of sp³-hybridized carbons (Fsp3) is 0.611. The number of nitrogens with one attached hydrogen (secondary N) is 1. The number of urea groups is 1. The van der Waals surface area contributed by atoms with E-state index in [1.165, 1.54) is 17.9 Å². The monoisotopic (exact) mass is 349 g/mol. The van der Waals surface area contributed by atoms with Crippen molar-refractivity contribution in [1.29, 1.82) is 0 Å². The van der Waals surface area contributed by atoms with Crippen molar-refractivity contribution in [2.24, 2.45) is 0 Å². The Kier molecular flexibility index (Phi) is 6.26. The molecule has 2 aliphatic rings. The van der Waals surface area contributed by atoms with Gasteiger partial charge in [-0.2, -0.15) is 11.8 Å².